The summed E-state index contributed by atoms with van der Waals surface area (Å²) in [6.07, 6.45) is 0.987. The Morgan fingerprint density at radius 2 is 1.89 bits per heavy atom. The van der Waals surface area contributed by atoms with Gasteiger partial charge in [0.1, 0.15) is 6.04 Å². The first kappa shape index (κ1) is 14.7. The van der Waals surface area contributed by atoms with Crippen molar-refractivity contribution in [2.24, 2.45) is 0 Å². The summed E-state index contributed by atoms with van der Waals surface area (Å²) >= 11 is 0. The molecule has 100 valence electrons. The topological polar surface area (TPSA) is 52.6 Å². The van der Waals surface area contributed by atoms with E-state index in [4.69, 9.17) is 0 Å². The van der Waals surface area contributed by atoms with Crippen LogP contribution in [-0.4, -0.2) is 43.2 Å². The van der Waals surface area contributed by atoms with Gasteiger partial charge in [-0.2, -0.15) is 0 Å². The molecular weight excluding hydrogens is 228 g/mol. The first-order valence-corrected chi connectivity index (χ1v) is 6.16. The average molecular weight is 250 g/mol. The van der Waals surface area contributed by atoms with E-state index in [2.05, 4.69) is 24.4 Å². The quantitative estimate of drug-likeness (QED) is 0.804. The molecule has 0 fully saturated rings. The molecule has 18 heavy (non-hydrogen) atoms. The standard InChI is InChI=1S/C14H22N2O2/c1-5-10-6-8-11(9-7-10)13(16(3)4)12(15-2)14(17)18/h6-9,12-13,15H,5H2,1-4H3,(H,17,18). The number of carboxylic acids is 1. The second kappa shape index (κ2) is 6.52. The summed E-state index contributed by atoms with van der Waals surface area (Å²) in [5.74, 6) is -0.837. The molecule has 1 rings (SSSR count). The predicted octanol–water partition coefficient (Wildman–Crippen LogP) is 1.52. The second-order valence-corrected chi connectivity index (χ2v) is 4.61. The molecular formula is C14H22N2O2. The number of nitrogens with zero attached hydrogens (tertiary/aromatic N) is 1. The molecule has 2 atom stereocenters. The highest BCUT2D eigenvalue weighted by atomic mass is 16.4. The van der Waals surface area contributed by atoms with E-state index >= 15 is 0 Å². The zero-order valence-electron chi connectivity index (χ0n) is 11.5. The molecule has 1 aromatic rings. The van der Waals surface area contributed by atoms with E-state index in [1.54, 1.807) is 7.05 Å². The predicted molar refractivity (Wildman–Crippen MR) is 72.7 cm³/mol. The molecule has 0 saturated carbocycles. The number of carboxylic acid groups (broad SMARTS) is 1. The van der Waals surface area contributed by atoms with Gasteiger partial charge in [0.05, 0.1) is 6.04 Å². The Morgan fingerprint density at radius 1 is 1.33 bits per heavy atom. The van der Waals surface area contributed by atoms with Gasteiger partial charge in [0.2, 0.25) is 0 Å². The monoisotopic (exact) mass is 250 g/mol. The lowest BCUT2D eigenvalue weighted by atomic mass is 9.97. The Kier molecular flexibility index (Phi) is 5.31. The molecule has 0 heterocycles. The normalized spacial score (nSPS) is 14.5. The third-order valence-corrected chi connectivity index (χ3v) is 3.18. The number of aryl methyl sites for hydroxylation is 1. The third kappa shape index (κ3) is 3.31. The van der Waals surface area contributed by atoms with Gasteiger partial charge >= 0.3 is 5.97 Å². The van der Waals surface area contributed by atoms with Gasteiger partial charge in [0, 0.05) is 0 Å². The van der Waals surface area contributed by atoms with Crippen molar-refractivity contribution < 1.29 is 9.90 Å². The fraction of sp³-hybridized carbons (Fsp3) is 0.500. The molecule has 0 aliphatic heterocycles. The molecule has 0 spiro atoms. The van der Waals surface area contributed by atoms with Gasteiger partial charge in [0.15, 0.2) is 0 Å². The van der Waals surface area contributed by atoms with Gasteiger partial charge in [0.25, 0.3) is 0 Å². The van der Waals surface area contributed by atoms with Crippen LogP contribution in [0.15, 0.2) is 24.3 Å². The molecule has 0 bridgehead atoms. The van der Waals surface area contributed by atoms with E-state index in [-0.39, 0.29) is 6.04 Å². The highest BCUT2D eigenvalue weighted by Crippen LogP contribution is 2.23. The number of nitrogens with one attached hydrogen (secondary N) is 1. The van der Waals surface area contributed by atoms with Crippen molar-refractivity contribution in [1.82, 2.24) is 10.2 Å². The number of likely N-dealkylation sites (N-methyl/N-ethyl adjacent to an activating group) is 2. The van der Waals surface area contributed by atoms with Crippen molar-refractivity contribution in [3.8, 4) is 0 Å². The van der Waals surface area contributed by atoms with Crippen LogP contribution >= 0.6 is 0 Å². The number of hydrogen-bond donors (Lipinski definition) is 2. The number of rotatable bonds is 6. The van der Waals surface area contributed by atoms with Crippen LogP contribution in [0.2, 0.25) is 0 Å². The molecule has 0 amide bonds. The first-order valence-electron chi connectivity index (χ1n) is 6.16. The van der Waals surface area contributed by atoms with E-state index < -0.39 is 12.0 Å². The number of aliphatic carboxylic acids is 1. The molecule has 1 aromatic carbocycles. The maximum Gasteiger partial charge on any atom is 0.322 e. The third-order valence-electron chi connectivity index (χ3n) is 3.18. The van der Waals surface area contributed by atoms with Crippen LogP contribution in [0.4, 0.5) is 0 Å². The van der Waals surface area contributed by atoms with Crippen LogP contribution in [0.25, 0.3) is 0 Å². The van der Waals surface area contributed by atoms with E-state index in [1.807, 2.05) is 31.1 Å². The molecule has 4 nitrogen and oxygen atoms in total. The summed E-state index contributed by atoms with van der Waals surface area (Å²) in [6.45, 7) is 2.10. The van der Waals surface area contributed by atoms with Crippen LogP contribution in [0.3, 0.4) is 0 Å². The van der Waals surface area contributed by atoms with Crippen LogP contribution in [0.1, 0.15) is 24.1 Å². The zero-order valence-corrected chi connectivity index (χ0v) is 11.5. The van der Waals surface area contributed by atoms with Crippen LogP contribution in [0.5, 0.6) is 0 Å². The van der Waals surface area contributed by atoms with E-state index in [0.717, 1.165) is 12.0 Å². The Bertz CT molecular complexity index is 387. The number of benzene rings is 1. The van der Waals surface area contributed by atoms with Crippen molar-refractivity contribution in [1.29, 1.82) is 0 Å². The summed E-state index contributed by atoms with van der Waals surface area (Å²) in [5, 5.41) is 12.1. The summed E-state index contributed by atoms with van der Waals surface area (Å²) in [7, 11) is 5.47. The minimum Gasteiger partial charge on any atom is -0.480 e. The average Bonchev–Trinajstić information content (AvgIpc) is 2.35. The van der Waals surface area contributed by atoms with E-state index in [0.29, 0.717) is 0 Å². The van der Waals surface area contributed by atoms with Crippen LogP contribution in [-0.2, 0) is 11.2 Å². The summed E-state index contributed by atoms with van der Waals surface area (Å²) in [6, 6.07) is 7.33. The lowest BCUT2D eigenvalue weighted by Crippen LogP contribution is -2.45. The van der Waals surface area contributed by atoms with E-state index in [9.17, 15) is 9.90 Å². The van der Waals surface area contributed by atoms with Crippen molar-refractivity contribution in [2.45, 2.75) is 25.4 Å². The smallest absolute Gasteiger partial charge is 0.322 e. The summed E-state index contributed by atoms with van der Waals surface area (Å²) in [5.41, 5.74) is 2.27. The van der Waals surface area contributed by atoms with Crippen molar-refractivity contribution in [3.63, 3.8) is 0 Å². The van der Waals surface area contributed by atoms with Gasteiger partial charge in [-0.15, -0.1) is 0 Å². The van der Waals surface area contributed by atoms with Crippen molar-refractivity contribution >= 4 is 5.97 Å². The molecule has 2 unspecified atom stereocenters. The Hall–Kier alpha value is -1.39. The maximum absolute atomic E-state index is 11.3. The van der Waals surface area contributed by atoms with Crippen molar-refractivity contribution in [3.05, 3.63) is 35.4 Å². The molecule has 0 saturated heterocycles. The van der Waals surface area contributed by atoms with Gasteiger partial charge in [-0.1, -0.05) is 31.2 Å². The van der Waals surface area contributed by atoms with E-state index in [1.165, 1.54) is 5.56 Å². The Balaban J connectivity index is 3.06. The highest BCUT2D eigenvalue weighted by Gasteiger charge is 2.29. The van der Waals surface area contributed by atoms with Gasteiger partial charge < -0.3 is 15.3 Å². The number of hydrogen-bond acceptors (Lipinski definition) is 3. The summed E-state index contributed by atoms with van der Waals surface area (Å²) < 4.78 is 0. The zero-order chi connectivity index (χ0) is 13.7. The SMILES string of the molecule is CCc1ccc(C(C(NC)C(=O)O)N(C)C)cc1. The maximum atomic E-state index is 11.3. The lowest BCUT2D eigenvalue weighted by Gasteiger charge is -2.30. The minimum atomic E-state index is -0.837. The fourth-order valence-electron chi connectivity index (χ4n) is 2.16. The molecule has 0 aliphatic rings. The molecule has 4 heteroatoms. The molecule has 0 aromatic heterocycles. The fourth-order valence-corrected chi connectivity index (χ4v) is 2.16. The Labute approximate surface area is 109 Å². The highest BCUT2D eigenvalue weighted by molar-refractivity contribution is 5.74. The van der Waals surface area contributed by atoms with Gasteiger partial charge in [-0.3, -0.25) is 4.79 Å². The second-order valence-electron chi connectivity index (χ2n) is 4.61. The largest absolute Gasteiger partial charge is 0.480 e. The first-order chi connectivity index (χ1) is 8.51. The molecule has 2 N–H and O–H groups in total. The Morgan fingerprint density at radius 3 is 2.22 bits per heavy atom. The molecule has 0 aliphatic carbocycles. The molecule has 0 radical (unpaired) electrons. The minimum absolute atomic E-state index is 0.182. The van der Waals surface area contributed by atoms with Crippen LogP contribution in [0, 0.1) is 0 Å². The van der Waals surface area contributed by atoms with Gasteiger partial charge in [-0.25, -0.2) is 0 Å². The number of carbonyl (C=O) groups is 1. The van der Waals surface area contributed by atoms with Gasteiger partial charge in [-0.05, 0) is 38.7 Å². The lowest BCUT2D eigenvalue weighted by molar-refractivity contribution is -0.141. The van der Waals surface area contributed by atoms with Crippen LogP contribution < -0.4 is 5.32 Å². The summed E-state index contributed by atoms with van der Waals surface area (Å²) in [4.78, 5) is 13.2. The van der Waals surface area contributed by atoms with Crippen molar-refractivity contribution in [2.75, 3.05) is 21.1 Å².